The van der Waals surface area contributed by atoms with Gasteiger partial charge in [0.15, 0.2) is 12.1 Å². The molecule has 196 valence electrons. The zero-order valence-electron chi connectivity index (χ0n) is 22.5. The Morgan fingerprint density at radius 1 is 1.00 bits per heavy atom. The zero-order chi connectivity index (χ0) is 26.7. The van der Waals surface area contributed by atoms with Gasteiger partial charge in [-0.15, -0.1) is 6.58 Å². The van der Waals surface area contributed by atoms with Crippen LogP contribution in [0.4, 0.5) is 0 Å². The monoisotopic (exact) mass is 516 g/mol. The first kappa shape index (κ1) is 24.3. The Balaban J connectivity index is 1.38. The number of ether oxygens (including phenoxy) is 1. The minimum absolute atomic E-state index is 0.0699. The fourth-order valence-electron chi connectivity index (χ4n) is 7.57. The SMILES string of the molecule is C=CC1C(C)CC[N+]2(Cc3c4ccccc4nc4ccccc34)[C@@H]([C@@H](O)c3ccnc4ccc(OC)cc34)[C@@H]12. The summed E-state index contributed by atoms with van der Waals surface area (Å²) in [5.41, 5.74) is 5.18. The maximum atomic E-state index is 12.2. The number of fused-ring (bicyclic) bond motifs is 4. The number of benzene rings is 3. The highest BCUT2D eigenvalue weighted by Crippen LogP contribution is 2.58. The van der Waals surface area contributed by atoms with Crippen LogP contribution < -0.4 is 4.74 Å². The predicted molar refractivity (Wildman–Crippen MR) is 156 cm³/mol. The number of hydrogen-bond acceptors (Lipinski definition) is 4. The molecule has 2 aliphatic heterocycles. The number of aliphatic hydroxyl groups is 1. The number of hydrogen-bond donors (Lipinski definition) is 1. The second-order valence-corrected chi connectivity index (χ2v) is 11.4. The molecule has 0 radical (unpaired) electrons. The quantitative estimate of drug-likeness (QED) is 0.120. The van der Waals surface area contributed by atoms with Crippen molar-refractivity contribution >= 4 is 32.7 Å². The molecule has 6 atom stereocenters. The van der Waals surface area contributed by atoms with Gasteiger partial charge in [-0.1, -0.05) is 49.4 Å². The molecule has 0 spiro atoms. The number of rotatable bonds is 6. The van der Waals surface area contributed by atoms with Crippen LogP contribution >= 0.6 is 0 Å². The number of nitrogens with zero attached hydrogens (tertiary/aromatic N) is 3. The molecule has 2 fully saturated rings. The molecule has 4 heterocycles. The van der Waals surface area contributed by atoms with Crippen LogP contribution in [0.2, 0.25) is 0 Å². The van der Waals surface area contributed by atoms with Crippen LogP contribution in [0, 0.1) is 11.8 Å². The number of methoxy groups -OCH3 is 1. The third-order valence-corrected chi connectivity index (χ3v) is 9.55. The molecule has 2 saturated heterocycles. The Labute approximate surface area is 229 Å². The van der Waals surface area contributed by atoms with E-state index in [1.165, 1.54) is 16.3 Å². The summed E-state index contributed by atoms with van der Waals surface area (Å²) in [5.74, 6) is 1.66. The Morgan fingerprint density at radius 3 is 2.41 bits per heavy atom. The summed E-state index contributed by atoms with van der Waals surface area (Å²) in [6.07, 6.45) is 4.45. The van der Waals surface area contributed by atoms with Gasteiger partial charge in [0.05, 0.1) is 30.2 Å². The lowest BCUT2D eigenvalue weighted by molar-refractivity contribution is -0.850. The van der Waals surface area contributed by atoms with E-state index in [9.17, 15) is 5.11 Å². The lowest BCUT2D eigenvalue weighted by Gasteiger charge is -2.33. The van der Waals surface area contributed by atoms with E-state index in [0.29, 0.717) is 17.9 Å². The van der Waals surface area contributed by atoms with Crippen molar-refractivity contribution < 1.29 is 14.3 Å². The predicted octanol–water partition coefficient (Wildman–Crippen LogP) is 6.59. The molecule has 5 nitrogen and oxygen atoms in total. The number of aromatic nitrogens is 2. The van der Waals surface area contributed by atoms with Gasteiger partial charge in [-0.3, -0.25) is 4.98 Å². The van der Waals surface area contributed by atoms with Crippen LogP contribution in [-0.2, 0) is 6.54 Å². The summed E-state index contributed by atoms with van der Waals surface area (Å²) in [4.78, 5) is 9.54. The number of pyridine rings is 2. The number of quaternary nitrogens is 1. The van der Waals surface area contributed by atoms with Gasteiger partial charge in [0, 0.05) is 33.8 Å². The number of aliphatic hydroxyl groups excluding tert-OH is 1. The first-order valence-electron chi connectivity index (χ1n) is 13.9. The molecule has 1 N–H and O–H groups in total. The van der Waals surface area contributed by atoms with Crippen LogP contribution in [0.15, 0.2) is 91.6 Å². The first-order valence-corrected chi connectivity index (χ1v) is 13.9. The van der Waals surface area contributed by atoms with Gasteiger partial charge < -0.3 is 14.3 Å². The van der Waals surface area contributed by atoms with Gasteiger partial charge in [-0.25, -0.2) is 4.98 Å². The van der Waals surface area contributed by atoms with E-state index < -0.39 is 6.10 Å². The third-order valence-electron chi connectivity index (χ3n) is 9.55. The van der Waals surface area contributed by atoms with Crippen LogP contribution in [-0.4, -0.2) is 45.3 Å². The van der Waals surface area contributed by atoms with Gasteiger partial charge in [0.2, 0.25) is 0 Å². The summed E-state index contributed by atoms with van der Waals surface area (Å²) in [7, 11) is 1.67. The minimum atomic E-state index is -0.625. The molecule has 5 heteroatoms. The fourth-order valence-corrected chi connectivity index (χ4v) is 7.57. The molecular weight excluding hydrogens is 482 g/mol. The van der Waals surface area contributed by atoms with E-state index in [0.717, 1.165) is 57.2 Å². The highest BCUT2D eigenvalue weighted by Gasteiger charge is 2.73. The van der Waals surface area contributed by atoms with E-state index in [2.05, 4.69) is 73.1 Å². The number of piperidine rings is 1. The molecule has 0 bridgehead atoms. The van der Waals surface area contributed by atoms with E-state index >= 15 is 0 Å². The van der Waals surface area contributed by atoms with E-state index in [-0.39, 0.29) is 6.04 Å². The van der Waals surface area contributed by atoms with Crippen molar-refractivity contribution in [2.75, 3.05) is 13.7 Å². The van der Waals surface area contributed by atoms with Gasteiger partial charge in [-0.2, -0.15) is 0 Å². The second kappa shape index (κ2) is 9.15. The van der Waals surface area contributed by atoms with Crippen LogP contribution in [0.25, 0.3) is 32.7 Å². The van der Waals surface area contributed by atoms with Gasteiger partial charge in [0.25, 0.3) is 0 Å². The van der Waals surface area contributed by atoms with Crippen molar-refractivity contribution in [2.24, 2.45) is 11.8 Å². The Morgan fingerprint density at radius 2 is 1.72 bits per heavy atom. The largest absolute Gasteiger partial charge is 0.497 e. The van der Waals surface area contributed by atoms with E-state index in [1.54, 1.807) is 7.11 Å². The van der Waals surface area contributed by atoms with Crippen molar-refractivity contribution in [3.8, 4) is 5.75 Å². The fraction of sp³-hybridized carbons (Fsp3) is 0.294. The molecule has 2 aromatic heterocycles. The topological polar surface area (TPSA) is 55.2 Å². The smallest absolute Gasteiger partial charge is 0.173 e. The average Bonchev–Trinajstić information content (AvgIpc) is 3.64. The van der Waals surface area contributed by atoms with E-state index in [4.69, 9.17) is 9.72 Å². The molecule has 2 aliphatic rings. The van der Waals surface area contributed by atoms with Crippen molar-refractivity contribution in [3.63, 3.8) is 0 Å². The number of para-hydroxylation sites is 2. The normalized spacial score (nSPS) is 26.8. The molecule has 7 rings (SSSR count). The lowest BCUT2D eigenvalue weighted by atomic mass is 9.84. The maximum absolute atomic E-state index is 12.2. The molecular formula is C34H34N3O2+. The maximum Gasteiger partial charge on any atom is 0.173 e. The average molecular weight is 517 g/mol. The summed E-state index contributed by atoms with van der Waals surface area (Å²) in [6, 6.07) is 25.2. The first-order chi connectivity index (χ1) is 19.1. The summed E-state index contributed by atoms with van der Waals surface area (Å²) < 4.78 is 6.39. The Bertz CT molecular complexity index is 1680. The summed E-state index contributed by atoms with van der Waals surface area (Å²) in [5, 5.41) is 15.6. The van der Waals surface area contributed by atoms with E-state index in [1.807, 2.05) is 30.5 Å². The molecule has 5 aromatic rings. The van der Waals surface area contributed by atoms with Crippen molar-refractivity contribution in [3.05, 3.63) is 103 Å². The molecule has 0 aliphatic carbocycles. The van der Waals surface area contributed by atoms with Crippen LogP contribution in [0.1, 0.15) is 30.6 Å². The second-order valence-electron chi connectivity index (χ2n) is 11.4. The van der Waals surface area contributed by atoms with Gasteiger partial charge in [0.1, 0.15) is 18.4 Å². The van der Waals surface area contributed by atoms with Crippen molar-refractivity contribution in [2.45, 2.75) is 38.1 Å². The van der Waals surface area contributed by atoms with Crippen molar-refractivity contribution in [1.29, 1.82) is 0 Å². The lowest BCUT2D eigenvalue weighted by Crippen LogP contribution is -2.40. The minimum Gasteiger partial charge on any atom is -0.497 e. The Kier molecular flexibility index (Phi) is 5.69. The summed E-state index contributed by atoms with van der Waals surface area (Å²) >= 11 is 0. The molecule has 0 amide bonds. The van der Waals surface area contributed by atoms with Crippen LogP contribution in [0.3, 0.4) is 0 Å². The third kappa shape index (κ3) is 3.68. The Hall–Kier alpha value is -3.80. The van der Waals surface area contributed by atoms with Crippen molar-refractivity contribution in [1.82, 2.24) is 9.97 Å². The summed E-state index contributed by atoms with van der Waals surface area (Å²) in [6.45, 7) is 8.50. The van der Waals surface area contributed by atoms with Crippen LogP contribution in [0.5, 0.6) is 5.75 Å². The van der Waals surface area contributed by atoms with Gasteiger partial charge >= 0.3 is 0 Å². The highest BCUT2D eigenvalue weighted by atomic mass is 16.5. The molecule has 0 saturated carbocycles. The molecule has 39 heavy (non-hydrogen) atoms. The molecule has 3 unspecified atom stereocenters. The highest BCUT2D eigenvalue weighted by molar-refractivity contribution is 5.97. The standard InChI is InChI=1S/C34H34N3O2/c1-4-23-21(2)16-18-37(20-28-24-9-5-7-11-30(24)36-31-12-8-6-10-25(28)31)32(23)33(37)34(38)26-15-17-35-29-14-13-22(39-3)19-27(26)29/h4-15,17,19,21,23,32-34,38H,1,16,18,20H2,2-3H3/q+1/t21?,23?,32-,33-,34+,37?/m1/s1. The van der Waals surface area contributed by atoms with Gasteiger partial charge in [-0.05, 0) is 54.3 Å². The molecule has 3 aromatic carbocycles. The zero-order valence-corrected chi connectivity index (χ0v) is 22.5.